The summed E-state index contributed by atoms with van der Waals surface area (Å²) in [6.07, 6.45) is 0. The minimum atomic E-state index is -0.610. The van der Waals surface area contributed by atoms with Gasteiger partial charge in [0.05, 0.1) is 31.4 Å². The minimum absolute atomic E-state index is 0.162. The number of hydrogen-bond donors (Lipinski definition) is 2. The van der Waals surface area contributed by atoms with Crippen molar-refractivity contribution in [1.82, 2.24) is 4.98 Å². The molecule has 2 N–H and O–H groups in total. The molecule has 0 saturated carbocycles. The van der Waals surface area contributed by atoms with Crippen molar-refractivity contribution in [2.24, 2.45) is 0 Å². The fraction of sp³-hybridized carbons (Fsp3) is 0.217. The van der Waals surface area contributed by atoms with E-state index in [0.29, 0.717) is 16.8 Å². The van der Waals surface area contributed by atoms with Crippen molar-refractivity contribution in [3.8, 4) is 17.0 Å². The number of rotatable bonds is 4. The molecule has 0 bridgehead atoms. The number of carbonyl (C=O) groups excluding carboxylic acids is 2. The highest BCUT2D eigenvalue weighted by atomic mass is 16.5. The first-order chi connectivity index (χ1) is 13.9. The van der Waals surface area contributed by atoms with Gasteiger partial charge in [-0.15, -0.1) is 0 Å². The van der Waals surface area contributed by atoms with Crippen LogP contribution in [0.1, 0.15) is 38.7 Å². The number of carbonyl (C=O) groups is 2. The Morgan fingerprint density at radius 3 is 2.41 bits per heavy atom. The molecular weight excluding hydrogens is 368 g/mol. The number of ether oxygens (including phenoxy) is 2. The molecule has 0 aliphatic carbocycles. The Kier molecular flexibility index (Phi) is 4.62. The van der Waals surface area contributed by atoms with E-state index in [1.165, 1.54) is 7.11 Å². The van der Waals surface area contributed by atoms with E-state index in [0.717, 1.165) is 33.8 Å². The summed E-state index contributed by atoms with van der Waals surface area (Å²) < 4.78 is 10.3. The summed E-state index contributed by atoms with van der Waals surface area (Å²) in [5, 5.41) is 2.94. The Labute approximate surface area is 168 Å². The van der Waals surface area contributed by atoms with Crippen LogP contribution in [0, 0.1) is 13.8 Å². The highest BCUT2D eigenvalue weighted by Gasteiger charge is 2.38. The van der Waals surface area contributed by atoms with E-state index in [1.807, 2.05) is 56.3 Å². The lowest BCUT2D eigenvalue weighted by Gasteiger charge is -2.14. The molecule has 1 aliphatic rings. The molecule has 2 heterocycles. The van der Waals surface area contributed by atoms with E-state index in [-0.39, 0.29) is 5.91 Å². The SMILES string of the molecule is COC(=O)c1c(C)[nH]c(-c2ccc(OC)cc2)c1C1C(=O)Nc2ccc(C)cc21. The number of nitrogens with one attached hydrogen (secondary N) is 2. The van der Waals surface area contributed by atoms with Crippen LogP contribution >= 0.6 is 0 Å². The number of amides is 1. The van der Waals surface area contributed by atoms with E-state index in [9.17, 15) is 9.59 Å². The maximum absolute atomic E-state index is 13.0. The fourth-order valence-corrected chi connectivity index (χ4v) is 3.95. The second kappa shape index (κ2) is 7.13. The highest BCUT2D eigenvalue weighted by Crippen LogP contribution is 2.44. The predicted octanol–water partition coefficient (Wildman–Crippen LogP) is 4.18. The molecular formula is C23H22N2O4. The van der Waals surface area contributed by atoms with E-state index in [1.54, 1.807) is 7.11 Å². The van der Waals surface area contributed by atoms with E-state index in [2.05, 4.69) is 10.3 Å². The summed E-state index contributed by atoms with van der Waals surface area (Å²) in [5.74, 6) is -0.515. The van der Waals surface area contributed by atoms with Crippen molar-refractivity contribution in [2.75, 3.05) is 19.5 Å². The summed E-state index contributed by atoms with van der Waals surface area (Å²) in [5.41, 5.74) is 5.92. The van der Waals surface area contributed by atoms with Crippen LogP contribution in [0.25, 0.3) is 11.3 Å². The molecule has 0 radical (unpaired) electrons. The number of anilines is 1. The molecule has 1 aromatic heterocycles. The zero-order valence-electron chi connectivity index (χ0n) is 16.8. The summed E-state index contributed by atoms with van der Waals surface area (Å²) >= 11 is 0. The van der Waals surface area contributed by atoms with Crippen molar-refractivity contribution < 1.29 is 19.1 Å². The molecule has 0 saturated heterocycles. The molecule has 2 aromatic carbocycles. The number of aromatic amines is 1. The molecule has 29 heavy (non-hydrogen) atoms. The average Bonchev–Trinajstić information content (AvgIpc) is 3.22. The van der Waals surface area contributed by atoms with Gasteiger partial charge in [0.1, 0.15) is 5.75 Å². The van der Waals surface area contributed by atoms with Crippen LogP contribution in [0.2, 0.25) is 0 Å². The van der Waals surface area contributed by atoms with Crippen LogP contribution in [0.4, 0.5) is 5.69 Å². The fourth-order valence-electron chi connectivity index (χ4n) is 3.95. The molecule has 4 rings (SSSR count). The molecule has 1 unspecified atom stereocenters. The Morgan fingerprint density at radius 1 is 1.03 bits per heavy atom. The largest absolute Gasteiger partial charge is 0.497 e. The van der Waals surface area contributed by atoms with Crippen molar-refractivity contribution in [3.05, 3.63) is 70.4 Å². The Bertz CT molecular complexity index is 1110. The summed E-state index contributed by atoms with van der Waals surface area (Å²) in [7, 11) is 2.95. The van der Waals surface area contributed by atoms with Crippen LogP contribution in [-0.4, -0.2) is 31.1 Å². The summed E-state index contributed by atoms with van der Waals surface area (Å²) in [4.78, 5) is 29.0. The lowest BCUT2D eigenvalue weighted by molar-refractivity contribution is -0.116. The van der Waals surface area contributed by atoms with Gasteiger partial charge in [-0.2, -0.15) is 0 Å². The predicted molar refractivity (Wildman–Crippen MR) is 111 cm³/mol. The number of benzene rings is 2. The second-order valence-corrected chi connectivity index (χ2v) is 7.15. The minimum Gasteiger partial charge on any atom is -0.497 e. The first-order valence-electron chi connectivity index (χ1n) is 9.31. The average molecular weight is 390 g/mol. The van der Waals surface area contributed by atoms with Crippen LogP contribution in [0.3, 0.4) is 0 Å². The zero-order valence-corrected chi connectivity index (χ0v) is 16.8. The Balaban J connectivity index is 1.97. The standard InChI is InChI=1S/C23H22N2O4/c1-12-5-10-17-16(11-12)19(22(26)25-17)20-18(23(27)29-4)13(2)24-21(20)14-6-8-15(28-3)9-7-14/h5-11,19,24H,1-4H3,(H,25,26). The summed E-state index contributed by atoms with van der Waals surface area (Å²) in [6, 6.07) is 13.3. The number of hydrogen-bond acceptors (Lipinski definition) is 4. The normalized spacial score (nSPS) is 15.0. The topological polar surface area (TPSA) is 80.4 Å². The molecule has 1 amide bonds. The third kappa shape index (κ3) is 3.06. The lowest BCUT2D eigenvalue weighted by Crippen LogP contribution is -2.17. The van der Waals surface area contributed by atoms with Crippen LogP contribution in [-0.2, 0) is 9.53 Å². The van der Waals surface area contributed by atoms with Crippen molar-refractivity contribution in [1.29, 1.82) is 0 Å². The van der Waals surface area contributed by atoms with E-state index in [4.69, 9.17) is 9.47 Å². The van der Waals surface area contributed by atoms with Gasteiger partial charge in [0, 0.05) is 16.9 Å². The molecule has 148 valence electrons. The molecule has 3 aromatic rings. The van der Waals surface area contributed by atoms with Crippen LogP contribution in [0.15, 0.2) is 42.5 Å². The van der Waals surface area contributed by atoms with Crippen molar-refractivity contribution >= 4 is 17.6 Å². The molecule has 1 aliphatic heterocycles. The first-order valence-corrected chi connectivity index (χ1v) is 9.31. The maximum Gasteiger partial charge on any atom is 0.340 e. The number of aromatic nitrogens is 1. The maximum atomic E-state index is 13.0. The second-order valence-electron chi connectivity index (χ2n) is 7.15. The molecule has 6 heteroatoms. The number of fused-ring (bicyclic) bond motifs is 1. The number of H-pyrrole nitrogens is 1. The molecule has 0 fully saturated rings. The number of methoxy groups -OCH3 is 2. The third-order valence-corrected chi connectivity index (χ3v) is 5.32. The van der Waals surface area contributed by atoms with Gasteiger partial charge in [-0.25, -0.2) is 4.79 Å². The lowest BCUT2D eigenvalue weighted by atomic mass is 9.87. The van der Waals surface area contributed by atoms with Crippen LogP contribution in [0.5, 0.6) is 5.75 Å². The van der Waals surface area contributed by atoms with E-state index < -0.39 is 11.9 Å². The summed E-state index contributed by atoms with van der Waals surface area (Å²) in [6.45, 7) is 3.79. The van der Waals surface area contributed by atoms with Gasteiger partial charge < -0.3 is 19.8 Å². The Hall–Kier alpha value is -3.54. The highest BCUT2D eigenvalue weighted by molar-refractivity contribution is 6.08. The number of aryl methyl sites for hydroxylation is 2. The van der Waals surface area contributed by atoms with E-state index >= 15 is 0 Å². The van der Waals surface area contributed by atoms with Gasteiger partial charge in [0.2, 0.25) is 5.91 Å². The zero-order chi connectivity index (χ0) is 20.7. The van der Waals surface area contributed by atoms with Gasteiger partial charge in [0.25, 0.3) is 0 Å². The third-order valence-electron chi connectivity index (χ3n) is 5.32. The molecule has 6 nitrogen and oxygen atoms in total. The van der Waals surface area contributed by atoms with Crippen LogP contribution < -0.4 is 10.1 Å². The van der Waals surface area contributed by atoms with Crippen molar-refractivity contribution in [3.63, 3.8) is 0 Å². The van der Waals surface area contributed by atoms with Gasteiger partial charge in [-0.3, -0.25) is 4.79 Å². The van der Waals surface area contributed by atoms with Gasteiger partial charge in [0.15, 0.2) is 0 Å². The van der Waals surface area contributed by atoms with Gasteiger partial charge >= 0.3 is 5.97 Å². The monoisotopic (exact) mass is 390 g/mol. The molecule has 1 atom stereocenters. The van der Waals surface area contributed by atoms with Gasteiger partial charge in [-0.05, 0) is 55.3 Å². The Morgan fingerprint density at radius 2 is 1.76 bits per heavy atom. The number of esters is 1. The smallest absolute Gasteiger partial charge is 0.340 e. The molecule has 0 spiro atoms. The quantitative estimate of drug-likeness (QED) is 0.655. The van der Waals surface area contributed by atoms with Crippen molar-refractivity contribution in [2.45, 2.75) is 19.8 Å². The first kappa shape index (κ1) is 18.8. The van der Waals surface area contributed by atoms with Gasteiger partial charge in [-0.1, -0.05) is 17.7 Å².